The number of carbonyl (C=O) groups is 1. The molecule has 178 valence electrons. The van der Waals surface area contributed by atoms with Crippen molar-refractivity contribution in [1.29, 1.82) is 0 Å². The first-order valence-corrected chi connectivity index (χ1v) is 10.9. The van der Waals surface area contributed by atoms with Crippen molar-refractivity contribution in [2.75, 3.05) is 13.7 Å². The Kier molecular flexibility index (Phi) is 8.18. The van der Waals surface area contributed by atoms with E-state index in [2.05, 4.69) is 15.5 Å². The van der Waals surface area contributed by atoms with Crippen molar-refractivity contribution >= 4 is 23.2 Å². The monoisotopic (exact) mass is 483 g/mol. The number of rotatable bonds is 7. The van der Waals surface area contributed by atoms with Gasteiger partial charge < -0.3 is 14.9 Å². The SMILES string of the molecule is CO/N=C1\CCCC[C@@H]1CNC(=O)c1cnc(O[C@@H](C)C(F)(F)F)c(-c2ccc(Cl)cc2)c1. The van der Waals surface area contributed by atoms with E-state index >= 15 is 0 Å². The maximum Gasteiger partial charge on any atom is 0.425 e. The second-order valence-corrected chi connectivity index (χ2v) is 8.24. The summed E-state index contributed by atoms with van der Waals surface area (Å²) in [6, 6.07) is 7.92. The molecule has 6 nitrogen and oxygen atoms in total. The molecule has 0 unspecified atom stereocenters. The average Bonchev–Trinajstić information content (AvgIpc) is 2.78. The number of amides is 1. The summed E-state index contributed by atoms with van der Waals surface area (Å²) in [4.78, 5) is 21.8. The summed E-state index contributed by atoms with van der Waals surface area (Å²) in [5.41, 5.74) is 1.89. The number of alkyl halides is 3. The zero-order chi connectivity index (χ0) is 24.0. The first kappa shape index (κ1) is 24.8. The van der Waals surface area contributed by atoms with Crippen LogP contribution >= 0.6 is 11.6 Å². The van der Waals surface area contributed by atoms with Gasteiger partial charge in [-0.25, -0.2) is 4.98 Å². The fraction of sp³-hybridized carbons (Fsp3) is 0.435. The Morgan fingerprint density at radius 3 is 2.70 bits per heavy atom. The Morgan fingerprint density at radius 1 is 1.30 bits per heavy atom. The normalized spacial score (nSPS) is 18.6. The zero-order valence-electron chi connectivity index (χ0n) is 18.3. The van der Waals surface area contributed by atoms with E-state index in [9.17, 15) is 18.0 Å². The van der Waals surface area contributed by atoms with Gasteiger partial charge in [-0.2, -0.15) is 13.2 Å². The number of oxime groups is 1. The molecule has 0 aliphatic heterocycles. The van der Waals surface area contributed by atoms with E-state index in [4.69, 9.17) is 21.2 Å². The molecule has 0 radical (unpaired) electrons. The van der Waals surface area contributed by atoms with Crippen LogP contribution in [-0.4, -0.2) is 42.5 Å². The Balaban J connectivity index is 1.83. The van der Waals surface area contributed by atoms with Gasteiger partial charge >= 0.3 is 6.18 Å². The lowest BCUT2D eigenvalue weighted by Gasteiger charge is -2.23. The highest BCUT2D eigenvalue weighted by molar-refractivity contribution is 6.30. The Bertz CT molecular complexity index is 997. The highest BCUT2D eigenvalue weighted by atomic mass is 35.5. The van der Waals surface area contributed by atoms with Crippen LogP contribution in [0.2, 0.25) is 5.02 Å². The first-order chi connectivity index (χ1) is 15.7. The second-order valence-electron chi connectivity index (χ2n) is 7.80. The maximum absolute atomic E-state index is 13.0. The van der Waals surface area contributed by atoms with E-state index in [1.165, 1.54) is 19.4 Å². The predicted molar refractivity (Wildman–Crippen MR) is 120 cm³/mol. The number of benzene rings is 1. The molecule has 0 saturated heterocycles. The average molecular weight is 484 g/mol. The van der Waals surface area contributed by atoms with E-state index in [1.54, 1.807) is 24.3 Å². The van der Waals surface area contributed by atoms with Gasteiger partial charge in [-0.15, -0.1) is 0 Å². The van der Waals surface area contributed by atoms with Crippen LogP contribution in [0.5, 0.6) is 5.88 Å². The van der Waals surface area contributed by atoms with Gasteiger partial charge in [0.25, 0.3) is 5.91 Å². The molecule has 1 N–H and O–H groups in total. The number of carbonyl (C=O) groups excluding carboxylic acids is 1. The number of aromatic nitrogens is 1. The highest BCUT2D eigenvalue weighted by Gasteiger charge is 2.38. The molecule has 1 fully saturated rings. The number of ether oxygens (including phenoxy) is 1. The molecule has 1 saturated carbocycles. The third kappa shape index (κ3) is 6.60. The molecular weight excluding hydrogens is 459 g/mol. The van der Waals surface area contributed by atoms with E-state index in [-0.39, 0.29) is 22.9 Å². The van der Waals surface area contributed by atoms with Crippen LogP contribution in [0.15, 0.2) is 41.7 Å². The molecule has 33 heavy (non-hydrogen) atoms. The summed E-state index contributed by atoms with van der Waals surface area (Å²) < 4.78 is 44.2. The summed E-state index contributed by atoms with van der Waals surface area (Å²) in [5, 5.41) is 7.41. The Labute approximate surface area is 195 Å². The molecule has 0 spiro atoms. The van der Waals surface area contributed by atoms with E-state index in [1.807, 2.05) is 0 Å². The zero-order valence-corrected chi connectivity index (χ0v) is 19.0. The van der Waals surface area contributed by atoms with Gasteiger partial charge in [0, 0.05) is 29.2 Å². The molecule has 1 aliphatic rings. The number of pyridine rings is 1. The van der Waals surface area contributed by atoms with Crippen molar-refractivity contribution in [2.45, 2.75) is 44.9 Å². The largest absolute Gasteiger partial charge is 0.465 e. The topological polar surface area (TPSA) is 72.8 Å². The van der Waals surface area contributed by atoms with Crippen LogP contribution in [0.25, 0.3) is 11.1 Å². The minimum atomic E-state index is -4.56. The number of nitrogens with zero attached hydrogens (tertiary/aromatic N) is 2. The fourth-order valence-electron chi connectivity index (χ4n) is 3.58. The lowest BCUT2D eigenvalue weighted by atomic mass is 9.87. The van der Waals surface area contributed by atoms with Gasteiger partial charge in [0.05, 0.1) is 11.3 Å². The van der Waals surface area contributed by atoms with Crippen LogP contribution in [0.4, 0.5) is 13.2 Å². The van der Waals surface area contributed by atoms with Crippen LogP contribution in [-0.2, 0) is 4.84 Å². The molecule has 1 heterocycles. The molecule has 2 atom stereocenters. The fourth-order valence-corrected chi connectivity index (χ4v) is 3.71. The minimum Gasteiger partial charge on any atom is -0.465 e. The van der Waals surface area contributed by atoms with Crippen molar-refractivity contribution in [3.8, 4) is 17.0 Å². The van der Waals surface area contributed by atoms with Crippen molar-refractivity contribution in [2.24, 2.45) is 11.1 Å². The third-order valence-electron chi connectivity index (χ3n) is 5.44. The minimum absolute atomic E-state index is 0.0709. The van der Waals surface area contributed by atoms with Crippen LogP contribution in [0.1, 0.15) is 43.0 Å². The van der Waals surface area contributed by atoms with Gasteiger partial charge in [0.15, 0.2) is 6.10 Å². The molecule has 10 heteroatoms. The lowest BCUT2D eigenvalue weighted by Crippen LogP contribution is -2.34. The molecule has 1 aromatic heterocycles. The van der Waals surface area contributed by atoms with Gasteiger partial charge in [0.2, 0.25) is 5.88 Å². The molecule has 1 aliphatic carbocycles. The molecule has 1 aromatic carbocycles. The molecule has 3 rings (SSSR count). The van der Waals surface area contributed by atoms with Crippen LogP contribution < -0.4 is 10.1 Å². The summed E-state index contributed by atoms with van der Waals surface area (Å²) in [6.07, 6.45) is -1.65. The van der Waals surface area contributed by atoms with Crippen molar-refractivity contribution in [3.05, 3.63) is 47.1 Å². The van der Waals surface area contributed by atoms with E-state index in [0.717, 1.165) is 38.3 Å². The van der Waals surface area contributed by atoms with Gasteiger partial charge in [-0.05, 0) is 49.9 Å². The van der Waals surface area contributed by atoms with E-state index < -0.39 is 18.2 Å². The summed E-state index contributed by atoms with van der Waals surface area (Å²) in [5.74, 6) is -0.544. The van der Waals surface area contributed by atoms with Crippen molar-refractivity contribution in [1.82, 2.24) is 10.3 Å². The highest BCUT2D eigenvalue weighted by Crippen LogP contribution is 2.33. The lowest BCUT2D eigenvalue weighted by molar-refractivity contribution is -0.189. The number of nitrogens with one attached hydrogen (secondary N) is 1. The number of halogens is 4. The van der Waals surface area contributed by atoms with Crippen LogP contribution in [0, 0.1) is 5.92 Å². The molecule has 1 amide bonds. The molecule has 2 aromatic rings. The van der Waals surface area contributed by atoms with Crippen molar-refractivity contribution < 1.29 is 27.5 Å². The number of hydrogen-bond donors (Lipinski definition) is 1. The van der Waals surface area contributed by atoms with E-state index in [0.29, 0.717) is 17.1 Å². The quantitative estimate of drug-likeness (QED) is 0.516. The Morgan fingerprint density at radius 2 is 2.03 bits per heavy atom. The first-order valence-electron chi connectivity index (χ1n) is 10.6. The van der Waals surface area contributed by atoms with Crippen molar-refractivity contribution in [3.63, 3.8) is 0 Å². The standard InChI is InChI=1S/C23H25ClF3N3O3/c1-14(23(25,26)27)33-22-19(15-7-9-18(24)10-8-15)11-17(13-29-22)21(31)28-12-16-5-3-4-6-20(16)30-32-2/h7-11,13-14,16H,3-6,12H2,1-2H3,(H,28,31)/b30-20+/t14-,16+/m0/s1. The number of hydrogen-bond acceptors (Lipinski definition) is 5. The predicted octanol–water partition coefficient (Wildman–Crippen LogP) is 5.65. The van der Waals surface area contributed by atoms with Crippen LogP contribution in [0.3, 0.4) is 0 Å². The smallest absolute Gasteiger partial charge is 0.425 e. The Hall–Kier alpha value is -2.81. The molecular formula is C23H25ClF3N3O3. The van der Waals surface area contributed by atoms with Gasteiger partial charge in [-0.3, -0.25) is 4.79 Å². The molecule has 0 bridgehead atoms. The van der Waals surface area contributed by atoms with Gasteiger partial charge in [-0.1, -0.05) is 35.3 Å². The summed E-state index contributed by atoms with van der Waals surface area (Å²) in [7, 11) is 1.49. The second kappa shape index (κ2) is 10.9. The van der Waals surface area contributed by atoms with Gasteiger partial charge in [0.1, 0.15) is 7.11 Å². The maximum atomic E-state index is 13.0. The summed E-state index contributed by atoms with van der Waals surface area (Å²) in [6.45, 7) is 1.28. The third-order valence-corrected chi connectivity index (χ3v) is 5.69. The summed E-state index contributed by atoms with van der Waals surface area (Å²) >= 11 is 5.94.